The molecule has 0 bridgehead atoms. The Labute approximate surface area is 216 Å². The maximum absolute atomic E-state index is 11.3. The molecule has 9 heteroatoms. The van der Waals surface area contributed by atoms with Crippen LogP contribution < -0.4 is 10.0 Å². The van der Waals surface area contributed by atoms with Crippen molar-refractivity contribution in [2.24, 2.45) is 11.1 Å². The molecule has 2 fully saturated rings. The quantitative estimate of drug-likeness (QED) is 0.384. The summed E-state index contributed by atoms with van der Waals surface area (Å²) in [5.74, 6) is 0.919. The predicted octanol–water partition coefficient (Wildman–Crippen LogP) is 4.47. The van der Waals surface area contributed by atoms with E-state index < -0.39 is 5.79 Å². The van der Waals surface area contributed by atoms with E-state index in [2.05, 4.69) is 23.7 Å². The van der Waals surface area contributed by atoms with Gasteiger partial charge in [0.25, 0.3) is 0 Å². The molecule has 0 spiro atoms. The third-order valence-electron chi connectivity index (χ3n) is 6.45. The van der Waals surface area contributed by atoms with E-state index in [1.807, 2.05) is 57.7 Å². The molecule has 2 saturated heterocycles. The molecule has 0 saturated carbocycles. The number of methoxy groups -OCH3 is 1. The number of ether oxygens (including phenoxy) is 3. The number of likely N-dealkylation sites (tertiary alicyclic amines) is 1. The third kappa shape index (κ3) is 9.88. The third-order valence-corrected chi connectivity index (χ3v) is 6.91. The number of aromatic nitrogens is 1. The monoisotopic (exact) mass is 510 g/mol. The summed E-state index contributed by atoms with van der Waals surface area (Å²) in [6.07, 6.45) is 4.18. The highest BCUT2D eigenvalue weighted by Crippen LogP contribution is 2.34. The highest BCUT2D eigenvalue weighted by Gasteiger charge is 2.37. The molecule has 1 aromatic heterocycles. The second-order valence-corrected chi connectivity index (χ2v) is 12.1. The van der Waals surface area contributed by atoms with Gasteiger partial charge in [-0.1, -0.05) is 6.07 Å². The Morgan fingerprint density at radius 2 is 2.00 bits per heavy atom. The highest BCUT2D eigenvalue weighted by molar-refractivity contribution is 7.97. The minimum atomic E-state index is -0.535. The van der Waals surface area contributed by atoms with Crippen LogP contribution in [0.2, 0.25) is 0 Å². The normalized spacial score (nSPS) is 23.1. The molecule has 200 valence electrons. The lowest BCUT2D eigenvalue weighted by atomic mass is 9.93. The number of anilines is 1. The molecule has 2 aliphatic heterocycles. The maximum Gasteiger partial charge on any atom is 0.210 e. The number of carbonyl (C=O) groups excluding carboxylic acids is 1. The molecular formula is C26H46N4O4S. The number of rotatable bonds is 9. The van der Waals surface area contributed by atoms with Gasteiger partial charge in [0.1, 0.15) is 16.9 Å². The van der Waals surface area contributed by atoms with Crippen molar-refractivity contribution in [2.75, 3.05) is 38.3 Å². The number of hydrogen-bond donors (Lipinski definition) is 1. The molecular weight excluding hydrogens is 464 g/mol. The first-order chi connectivity index (χ1) is 16.3. The van der Waals surface area contributed by atoms with Crippen molar-refractivity contribution in [3.05, 3.63) is 18.2 Å². The fourth-order valence-corrected chi connectivity index (χ4v) is 4.71. The van der Waals surface area contributed by atoms with E-state index in [1.165, 1.54) is 0 Å². The van der Waals surface area contributed by atoms with Crippen LogP contribution in [0.4, 0.5) is 5.82 Å². The Morgan fingerprint density at radius 3 is 2.51 bits per heavy atom. The van der Waals surface area contributed by atoms with E-state index in [9.17, 15) is 4.79 Å². The van der Waals surface area contributed by atoms with Gasteiger partial charge in [-0.25, -0.2) is 4.98 Å². The Morgan fingerprint density at radius 1 is 1.31 bits per heavy atom. The van der Waals surface area contributed by atoms with Crippen LogP contribution >= 0.6 is 11.9 Å². The van der Waals surface area contributed by atoms with E-state index in [0.717, 1.165) is 68.1 Å². The van der Waals surface area contributed by atoms with Gasteiger partial charge in [-0.3, -0.25) is 9.93 Å². The van der Waals surface area contributed by atoms with Gasteiger partial charge in [0.2, 0.25) is 6.41 Å². The van der Waals surface area contributed by atoms with E-state index in [-0.39, 0.29) is 17.2 Å². The summed E-state index contributed by atoms with van der Waals surface area (Å²) in [7, 11) is 1.71. The summed E-state index contributed by atoms with van der Waals surface area (Å²) in [5, 5.41) is 6.51. The van der Waals surface area contributed by atoms with Crippen molar-refractivity contribution >= 4 is 24.2 Å². The minimum absolute atomic E-state index is 0.0111. The molecule has 2 N–H and O–H groups in total. The van der Waals surface area contributed by atoms with Crippen LogP contribution in [0, 0.1) is 5.92 Å². The van der Waals surface area contributed by atoms with Gasteiger partial charge in [0, 0.05) is 32.3 Å². The first-order valence-electron chi connectivity index (χ1n) is 12.5. The molecule has 1 aromatic rings. The fourth-order valence-electron chi connectivity index (χ4n) is 4.41. The molecule has 2 aliphatic rings. The van der Waals surface area contributed by atoms with Crippen LogP contribution in [0.15, 0.2) is 23.2 Å². The summed E-state index contributed by atoms with van der Waals surface area (Å²) in [4.78, 5) is 20.2. The zero-order chi connectivity index (χ0) is 26.3. The average molecular weight is 511 g/mol. The van der Waals surface area contributed by atoms with E-state index in [1.54, 1.807) is 7.11 Å². The van der Waals surface area contributed by atoms with Gasteiger partial charge in [-0.2, -0.15) is 0 Å². The van der Waals surface area contributed by atoms with Crippen LogP contribution in [0.25, 0.3) is 0 Å². The van der Waals surface area contributed by atoms with Crippen LogP contribution in [0.1, 0.15) is 67.7 Å². The minimum Gasteiger partial charge on any atom is -0.379 e. The Balaban J connectivity index is 0.000000641. The molecule has 2 unspecified atom stereocenters. The van der Waals surface area contributed by atoms with Crippen LogP contribution in [0.5, 0.6) is 0 Å². The largest absolute Gasteiger partial charge is 0.379 e. The zero-order valence-corrected chi connectivity index (χ0v) is 23.7. The lowest BCUT2D eigenvalue weighted by Gasteiger charge is -2.27. The molecule has 2 atom stereocenters. The van der Waals surface area contributed by atoms with E-state index in [0.29, 0.717) is 12.5 Å². The molecule has 0 radical (unpaired) electrons. The van der Waals surface area contributed by atoms with Crippen molar-refractivity contribution in [2.45, 2.75) is 95.8 Å². The Hall–Kier alpha value is -1.39. The molecule has 8 nitrogen and oxygen atoms in total. The number of hydrogen-bond acceptors (Lipinski definition) is 8. The molecule has 35 heavy (non-hydrogen) atoms. The van der Waals surface area contributed by atoms with Crippen molar-refractivity contribution in [1.82, 2.24) is 9.88 Å². The van der Waals surface area contributed by atoms with Gasteiger partial charge in [-0.05, 0) is 97.7 Å². The molecule has 3 heterocycles. The van der Waals surface area contributed by atoms with Crippen molar-refractivity contribution in [3.8, 4) is 0 Å². The van der Waals surface area contributed by atoms with E-state index >= 15 is 0 Å². The second-order valence-electron chi connectivity index (χ2n) is 11.4. The zero-order valence-electron chi connectivity index (χ0n) is 22.9. The molecule has 1 amide bonds. The first kappa shape index (κ1) is 29.8. The summed E-state index contributed by atoms with van der Waals surface area (Å²) in [5.41, 5.74) is 0.000941. The molecule has 0 aliphatic carbocycles. The predicted molar refractivity (Wildman–Crippen MR) is 142 cm³/mol. The Kier molecular flexibility index (Phi) is 10.8. The van der Waals surface area contributed by atoms with Gasteiger partial charge in [0.05, 0.1) is 12.2 Å². The van der Waals surface area contributed by atoms with Crippen LogP contribution in [-0.2, 0) is 19.0 Å². The van der Waals surface area contributed by atoms with Gasteiger partial charge in [-0.15, -0.1) is 0 Å². The maximum atomic E-state index is 11.3. The van der Waals surface area contributed by atoms with Gasteiger partial charge < -0.3 is 24.0 Å². The number of carbonyl (C=O) groups is 1. The Bertz CT molecular complexity index is 800. The standard InChI is InChI=1S/C21H34N4O3S.C5H12O/c1-20(2)11-16(12-25(20)15-26)7-6-10-24(13-17-14-27-21(3,4)28-17)18-8-5-9-19(23-18)29-22;1-5(2,3)6-4/h5,8-9,15-17H,6-7,10-14,22H2,1-4H3;1-4H3. The lowest BCUT2D eigenvalue weighted by molar-refractivity contribution is -0.137. The second kappa shape index (κ2) is 12.7. The lowest BCUT2D eigenvalue weighted by Crippen LogP contribution is -2.36. The first-order valence-corrected chi connectivity index (χ1v) is 13.3. The number of nitrogens with zero attached hydrogens (tertiary/aromatic N) is 3. The summed E-state index contributed by atoms with van der Waals surface area (Å²) < 4.78 is 16.7. The van der Waals surface area contributed by atoms with Crippen LogP contribution in [0.3, 0.4) is 0 Å². The van der Waals surface area contributed by atoms with Crippen molar-refractivity contribution in [1.29, 1.82) is 0 Å². The average Bonchev–Trinajstić information content (AvgIpc) is 3.29. The van der Waals surface area contributed by atoms with E-state index in [4.69, 9.17) is 19.3 Å². The fraction of sp³-hybridized carbons (Fsp3) is 0.769. The number of amides is 1. The van der Waals surface area contributed by atoms with Crippen molar-refractivity contribution in [3.63, 3.8) is 0 Å². The van der Waals surface area contributed by atoms with Crippen LogP contribution in [-0.4, -0.2) is 72.7 Å². The summed E-state index contributed by atoms with van der Waals surface area (Å²) >= 11 is 1.16. The van der Waals surface area contributed by atoms with Gasteiger partial charge in [0.15, 0.2) is 5.79 Å². The summed E-state index contributed by atoms with van der Waals surface area (Å²) in [6.45, 7) is 17.3. The molecule has 3 rings (SSSR count). The number of pyridine rings is 1. The topological polar surface area (TPSA) is 90.2 Å². The SMILES string of the molecule is CC1(C)OCC(CN(CCCC2CN(C=O)C(C)(C)C2)c2cccc(SN)n2)O1.COC(C)(C)C. The van der Waals surface area contributed by atoms with Crippen molar-refractivity contribution < 1.29 is 19.0 Å². The van der Waals surface area contributed by atoms with Gasteiger partial charge >= 0.3 is 0 Å². The molecule has 0 aromatic carbocycles. The smallest absolute Gasteiger partial charge is 0.210 e. The summed E-state index contributed by atoms with van der Waals surface area (Å²) in [6, 6.07) is 5.93. The number of nitrogens with two attached hydrogens (primary N) is 1. The highest BCUT2D eigenvalue weighted by atomic mass is 32.2.